The molecule has 0 saturated carbocycles. The summed E-state index contributed by atoms with van der Waals surface area (Å²) in [6.45, 7) is 7.09. The van der Waals surface area contributed by atoms with Crippen LogP contribution in [0.25, 0.3) is 0 Å². The maximum absolute atomic E-state index is 9.28. The molecule has 0 aliphatic heterocycles. The first-order valence-corrected chi connectivity index (χ1v) is 12.1. The van der Waals surface area contributed by atoms with Crippen LogP contribution in [0.2, 0.25) is 4.09 Å². The predicted octanol–water partition coefficient (Wildman–Crippen LogP) is -1.11. The van der Waals surface area contributed by atoms with Crippen molar-refractivity contribution in [3.05, 3.63) is 0 Å². The van der Waals surface area contributed by atoms with Gasteiger partial charge in [-0.25, -0.2) is 0 Å². The van der Waals surface area contributed by atoms with Crippen molar-refractivity contribution in [1.29, 1.82) is 0 Å². The van der Waals surface area contributed by atoms with Crippen molar-refractivity contribution in [3.63, 3.8) is 0 Å². The number of carboxylic acids is 2. The van der Waals surface area contributed by atoms with Crippen LogP contribution in [0.4, 0.5) is 0 Å². The number of rotatable bonds is 19. The summed E-state index contributed by atoms with van der Waals surface area (Å²) in [5.41, 5.74) is 0. The van der Waals surface area contributed by atoms with E-state index in [1.807, 2.05) is 0 Å². The fourth-order valence-electron chi connectivity index (χ4n) is 3.54. The smallest absolute Gasteiger partial charge is 0.0654 e. The Balaban J connectivity index is -0.000000349. The Morgan fingerprint density at radius 1 is 0.613 bits per heavy atom. The van der Waals surface area contributed by atoms with Crippen LogP contribution in [0.5, 0.6) is 0 Å². The molecule has 0 heterocycles. The molecule has 0 N–H and O–H groups in total. The van der Waals surface area contributed by atoms with Gasteiger partial charge in [-0.1, -0.05) is 6.92 Å². The summed E-state index contributed by atoms with van der Waals surface area (Å²) in [4.78, 5) is 18.6. The molecular formula is C24H45LiNa2O4. The maximum atomic E-state index is 9.28. The summed E-state index contributed by atoms with van der Waals surface area (Å²) in [6.07, 6.45) is 23.6. The van der Waals surface area contributed by atoms with Gasteiger partial charge in [-0.2, -0.15) is 0 Å². The predicted molar refractivity (Wildman–Crippen MR) is 119 cm³/mol. The van der Waals surface area contributed by atoms with E-state index >= 15 is 0 Å². The van der Waals surface area contributed by atoms with Crippen molar-refractivity contribution in [2.24, 2.45) is 0 Å². The van der Waals surface area contributed by atoms with Crippen LogP contribution in [-0.2, 0) is 9.59 Å². The Morgan fingerprint density at radius 2 is 0.871 bits per heavy atom. The van der Waals surface area contributed by atoms with E-state index < -0.39 is 18.4 Å². The molecule has 0 aromatic carbocycles. The number of carboxylic acid groups (broad SMARTS) is 2. The van der Waals surface area contributed by atoms with E-state index in [2.05, 4.69) is 38.5 Å². The van der Waals surface area contributed by atoms with Gasteiger partial charge in [-0.05, 0) is 0 Å². The molecule has 0 radical (unpaired) electrons. The molecule has 0 spiro atoms. The van der Waals surface area contributed by atoms with E-state index in [1.54, 1.807) is 0 Å². The molecule has 0 aromatic rings. The van der Waals surface area contributed by atoms with Gasteiger partial charge >= 0.3 is 204 Å². The quantitative estimate of drug-likeness (QED) is 0.142. The molecule has 7 heteroatoms. The number of aliphatic carboxylic acids is 2. The van der Waals surface area contributed by atoms with Crippen LogP contribution in [-0.4, -0.2) is 29.7 Å². The third-order valence-electron chi connectivity index (χ3n) is 5.45. The van der Waals surface area contributed by atoms with Gasteiger partial charge in [-0.15, -0.1) is 0 Å². The van der Waals surface area contributed by atoms with Crippen LogP contribution in [0, 0.1) is 0 Å². The molecule has 0 amide bonds. The zero-order valence-electron chi connectivity index (χ0n) is 21.9. The molecule has 1 unspecified atom stereocenters. The van der Waals surface area contributed by atoms with E-state index in [-0.39, 0.29) is 59.1 Å². The Morgan fingerprint density at radius 3 is 1.10 bits per heavy atom. The summed E-state index contributed by atoms with van der Waals surface area (Å²) in [5.74, 6) is -3.25. The number of hydrogen-bond donors (Lipinski definition) is 0. The van der Waals surface area contributed by atoms with Crippen molar-refractivity contribution in [1.82, 2.24) is 0 Å². The van der Waals surface area contributed by atoms with Gasteiger partial charge in [-0.3, -0.25) is 0 Å². The topological polar surface area (TPSA) is 80.3 Å². The molecule has 0 aliphatic carbocycles. The van der Waals surface area contributed by atoms with Crippen molar-refractivity contribution in [2.45, 2.75) is 140 Å². The van der Waals surface area contributed by atoms with E-state index in [9.17, 15) is 19.8 Å². The second-order valence-electron chi connectivity index (χ2n) is 9.18. The summed E-state index contributed by atoms with van der Waals surface area (Å²) in [6, 6.07) is 0. The standard InChI is InChI=1S/C21H43.C3H4O4.Li.2Na/c1-4-6-8-10-11-12-13-14-16-18-20-21(3)19-17-15-9-7-5-2;4-2(5)1-3(6)7;;;/h4-20H2,1-3H3;1H2,(H,4,5)(H,6,7);;;/q;;;2*+1/p-2. The van der Waals surface area contributed by atoms with E-state index in [4.69, 9.17) is 0 Å². The molecule has 168 valence electrons. The van der Waals surface area contributed by atoms with E-state index in [0.29, 0.717) is 4.09 Å². The summed E-state index contributed by atoms with van der Waals surface area (Å²) >= 11 is 2.49. The van der Waals surface area contributed by atoms with E-state index in [1.165, 1.54) is 109 Å². The van der Waals surface area contributed by atoms with Crippen LogP contribution >= 0.6 is 0 Å². The molecule has 4 nitrogen and oxygen atoms in total. The summed E-state index contributed by atoms with van der Waals surface area (Å²) in [7, 11) is 0. The van der Waals surface area contributed by atoms with Crippen molar-refractivity contribution in [3.8, 4) is 0 Å². The Kier molecular flexibility index (Phi) is 37.9. The SMILES string of the molecule is O=C([O-])CC(=O)[O-].[Li][C](C)(CCCCCCC)CCCCCCCCCCCC.[Na+].[Na+]. The average Bonchev–Trinajstić information content (AvgIpc) is 2.62. The Labute approximate surface area is 246 Å². The molecule has 0 bridgehead atoms. The first-order valence-electron chi connectivity index (χ1n) is 12.1. The number of carbonyl (C=O) groups excluding carboxylic acids is 2. The normalized spacial score (nSPS) is 11.9. The first-order chi connectivity index (χ1) is 13.7. The van der Waals surface area contributed by atoms with Gasteiger partial charge in [0, 0.05) is 18.4 Å². The number of hydrogen-bond acceptors (Lipinski definition) is 4. The van der Waals surface area contributed by atoms with Gasteiger partial charge in [0.25, 0.3) is 0 Å². The molecular weight excluding hydrogens is 405 g/mol. The van der Waals surface area contributed by atoms with Crippen LogP contribution in [0.1, 0.15) is 136 Å². The zero-order chi connectivity index (χ0) is 22.4. The van der Waals surface area contributed by atoms with Gasteiger partial charge in [0.1, 0.15) is 0 Å². The van der Waals surface area contributed by atoms with E-state index in [0.717, 1.165) is 0 Å². The summed E-state index contributed by atoms with van der Waals surface area (Å²) in [5, 5.41) is 18.6. The molecule has 0 aliphatic rings. The second-order valence-corrected chi connectivity index (χ2v) is 9.18. The minimum atomic E-state index is -1.63. The molecule has 0 fully saturated rings. The van der Waals surface area contributed by atoms with Crippen LogP contribution in [0.15, 0.2) is 0 Å². The minimum Gasteiger partial charge on any atom is -0.0654 e. The molecule has 1 atom stereocenters. The van der Waals surface area contributed by atoms with Gasteiger partial charge < -0.3 is 19.8 Å². The number of carbonyl (C=O) groups is 2. The number of unbranched alkanes of at least 4 members (excludes halogenated alkanes) is 13. The monoisotopic (exact) mass is 450 g/mol. The van der Waals surface area contributed by atoms with Gasteiger partial charge in [0.05, 0.1) is 0 Å². The van der Waals surface area contributed by atoms with Crippen molar-refractivity contribution < 1.29 is 78.9 Å². The van der Waals surface area contributed by atoms with Crippen molar-refractivity contribution in [2.75, 3.05) is 0 Å². The van der Waals surface area contributed by atoms with Crippen molar-refractivity contribution >= 4 is 29.7 Å². The van der Waals surface area contributed by atoms with Crippen LogP contribution in [0.3, 0.4) is 0 Å². The molecule has 0 aromatic heterocycles. The zero-order valence-corrected chi connectivity index (χ0v) is 25.9. The molecule has 0 saturated heterocycles. The minimum absolute atomic E-state index is 0. The third-order valence-corrected chi connectivity index (χ3v) is 5.45. The summed E-state index contributed by atoms with van der Waals surface area (Å²) < 4.78 is 0.590. The molecule has 0 rings (SSSR count). The third kappa shape index (κ3) is 39.1. The Hall–Kier alpha value is 1.54. The first kappa shape index (κ1) is 39.7. The molecule has 31 heavy (non-hydrogen) atoms. The second kappa shape index (κ2) is 29.6. The fraction of sp³-hybridized carbons (Fsp3) is 0.917. The average molecular weight is 451 g/mol. The van der Waals surface area contributed by atoms with Crippen LogP contribution < -0.4 is 69.3 Å². The Bertz CT molecular complexity index is 382. The van der Waals surface area contributed by atoms with Gasteiger partial charge in [0.2, 0.25) is 0 Å². The van der Waals surface area contributed by atoms with Gasteiger partial charge in [0.15, 0.2) is 0 Å². The fourth-order valence-corrected chi connectivity index (χ4v) is 3.54.